The summed E-state index contributed by atoms with van der Waals surface area (Å²) in [6.07, 6.45) is 0. The quantitative estimate of drug-likeness (QED) is 0.287. The average Bonchev–Trinajstić information content (AvgIpc) is 1.12. The van der Waals surface area contributed by atoms with Gasteiger partial charge in [0.1, 0.15) is 0 Å². The number of rotatable bonds is 0. The molecule has 0 aromatic rings. The molecule has 10 heteroatoms. The normalized spacial score (nSPS) is 15.2. The van der Waals surface area contributed by atoms with E-state index >= 15 is 0 Å². The monoisotopic (exact) mass is 676 g/mol. The van der Waals surface area contributed by atoms with Gasteiger partial charge in [0.05, 0.1) is 0 Å². The summed E-state index contributed by atoms with van der Waals surface area (Å²) < 4.78 is 0. The summed E-state index contributed by atoms with van der Waals surface area (Å²) in [5.41, 5.74) is 0. The zero-order valence-electron chi connectivity index (χ0n) is 5.63. The van der Waals surface area contributed by atoms with E-state index in [-0.39, 0.29) is 2.85 Å². The minimum absolute atomic E-state index is 0. The van der Waals surface area contributed by atoms with Crippen molar-refractivity contribution in [3.63, 3.8) is 0 Å². The van der Waals surface area contributed by atoms with Crippen LogP contribution in [0.25, 0.3) is 0 Å². The van der Waals surface area contributed by atoms with Crippen LogP contribution in [0.15, 0.2) is 0 Å². The van der Waals surface area contributed by atoms with Crippen LogP contribution in [0.1, 0.15) is 2.85 Å². The molecule has 0 aromatic carbocycles. The molecule has 0 aliphatic heterocycles. The van der Waals surface area contributed by atoms with E-state index in [0.717, 1.165) is 0 Å². The molecule has 10 heavy (non-hydrogen) atoms. The van der Waals surface area contributed by atoms with E-state index in [1.807, 2.05) is 0 Å². The molecular weight excluding hydrogens is 678 g/mol. The predicted octanol–water partition coefficient (Wildman–Crippen LogP) is 5.74. The van der Waals surface area contributed by atoms with E-state index in [0.29, 0.717) is 0 Å². The summed E-state index contributed by atoms with van der Waals surface area (Å²) in [7, 11) is 40.0. The zero-order valence-corrected chi connectivity index (χ0v) is 14.0. The van der Waals surface area contributed by atoms with Crippen molar-refractivity contribution in [2.75, 3.05) is 0 Å². The second kappa shape index (κ2) is 7.14. The van der Waals surface area contributed by atoms with Crippen LogP contribution in [-0.4, -0.2) is 0 Å². The smallest absolute Gasteiger partial charge is 1.00 e. The van der Waals surface area contributed by atoms with Gasteiger partial charge in [-0.3, -0.25) is 0 Å². The van der Waals surface area contributed by atoms with Crippen LogP contribution < -0.4 is 0 Å². The van der Waals surface area contributed by atoms with Crippen molar-refractivity contribution in [2.45, 2.75) is 0 Å². The minimum atomic E-state index is -3.00. The summed E-state index contributed by atoms with van der Waals surface area (Å²) >= 11 is -6.00. The first-order valence-corrected chi connectivity index (χ1v) is 22.4. The van der Waals surface area contributed by atoms with Crippen molar-refractivity contribution >= 4 is 73.5 Å². The fraction of sp³-hybridized carbons (Fsp3) is 0. The van der Waals surface area contributed by atoms with E-state index in [1.54, 1.807) is 0 Å². The van der Waals surface area contributed by atoms with Crippen LogP contribution >= 0.6 is 73.5 Å². The molecule has 0 bridgehead atoms. The molecule has 0 amide bonds. The maximum atomic E-state index is 5.00. The molecule has 0 fully saturated rings. The van der Waals surface area contributed by atoms with Crippen molar-refractivity contribution in [1.82, 2.24) is 0 Å². The van der Waals surface area contributed by atoms with E-state index in [2.05, 4.69) is 0 Å². The Morgan fingerprint density at radius 2 is 0.500 bits per heavy atom. The predicted molar refractivity (Wildman–Crippen MR) is 49.0 cm³/mol. The molecule has 0 saturated carbocycles. The van der Waals surface area contributed by atoms with E-state index in [1.165, 1.54) is 0 Å². The molecular formula is H2Au2Cl8. The molecule has 0 spiro atoms. The van der Waals surface area contributed by atoms with Crippen LogP contribution in [0.3, 0.4) is 0 Å². The van der Waals surface area contributed by atoms with Gasteiger partial charge in [-0.2, -0.15) is 0 Å². The second-order valence-electron chi connectivity index (χ2n) is 0.517. The maximum absolute atomic E-state index is 5.00. The molecule has 0 unspecified atom stereocenters. The van der Waals surface area contributed by atoms with Gasteiger partial charge in [-0.15, -0.1) is 0 Å². The number of hydrogen-bond acceptors (Lipinski definition) is 0. The first-order valence-electron chi connectivity index (χ1n) is 0.912. The summed E-state index contributed by atoms with van der Waals surface area (Å²) in [5, 5.41) is 0. The van der Waals surface area contributed by atoms with Gasteiger partial charge < -0.3 is 0 Å². The molecule has 0 N–H and O–H groups in total. The van der Waals surface area contributed by atoms with Crippen molar-refractivity contribution in [2.24, 2.45) is 0 Å². The van der Waals surface area contributed by atoms with Crippen molar-refractivity contribution in [3.8, 4) is 0 Å². The van der Waals surface area contributed by atoms with Gasteiger partial charge in [-0.1, -0.05) is 0 Å². The fourth-order valence-electron chi connectivity index (χ4n) is 0. The van der Waals surface area contributed by atoms with Gasteiger partial charge in [-0.05, 0) is 0 Å². The summed E-state index contributed by atoms with van der Waals surface area (Å²) in [4.78, 5) is 0. The third kappa shape index (κ3) is 95.3. The van der Waals surface area contributed by atoms with Gasteiger partial charge >= 0.3 is 102 Å². The van der Waals surface area contributed by atoms with Gasteiger partial charge in [0.15, 0.2) is 0 Å². The van der Waals surface area contributed by atoms with Crippen LogP contribution in [0.5, 0.6) is 0 Å². The van der Waals surface area contributed by atoms with Crippen molar-refractivity contribution < 1.29 is 28.5 Å². The largest absolute Gasteiger partial charge is 1.00 e. The molecule has 0 atom stereocenters. The van der Waals surface area contributed by atoms with E-state index in [4.69, 9.17) is 73.5 Å². The Morgan fingerprint density at radius 1 is 0.500 bits per heavy atom. The molecule has 0 saturated heterocycles. The Labute approximate surface area is 99.9 Å². The van der Waals surface area contributed by atoms with Crippen molar-refractivity contribution in [3.05, 3.63) is 0 Å². The molecule has 0 radical (unpaired) electrons. The Hall–Kier alpha value is 3.80. The number of hydrogen-bond donors (Lipinski definition) is 0. The topological polar surface area (TPSA) is 0 Å². The SMILES string of the molecule is [Cl][Au-]([Cl])([Cl])[Cl].[Cl][Au-]([Cl])([Cl])[Cl].[H+].[H+]. The van der Waals surface area contributed by atoms with Crippen LogP contribution in [0, 0.1) is 0 Å². The van der Waals surface area contributed by atoms with Crippen LogP contribution in [0.4, 0.5) is 0 Å². The molecule has 0 rings (SSSR count). The maximum Gasteiger partial charge on any atom is 1.00 e. The molecule has 0 aromatic heterocycles. The van der Waals surface area contributed by atoms with Crippen LogP contribution in [0.2, 0.25) is 0 Å². The van der Waals surface area contributed by atoms with Gasteiger partial charge in [0, 0.05) is 0 Å². The number of halogens is 8. The molecule has 0 aliphatic carbocycles. The molecule has 80 valence electrons. The Kier molecular flexibility index (Phi) is 11.6. The Bertz CT molecular complexity index is 58.0. The summed E-state index contributed by atoms with van der Waals surface area (Å²) in [6.45, 7) is 0. The van der Waals surface area contributed by atoms with Gasteiger partial charge in [-0.25, -0.2) is 0 Å². The van der Waals surface area contributed by atoms with Gasteiger partial charge in [0.25, 0.3) is 0 Å². The molecule has 0 nitrogen and oxygen atoms in total. The molecule has 0 aliphatic rings. The zero-order chi connectivity index (χ0) is 9.00. The molecule has 0 heterocycles. The Morgan fingerprint density at radius 3 is 0.500 bits per heavy atom. The first-order chi connectivity index (χ1) is 4.00. The van der Waals surface area contributed by atoms with E-state index < -0.39 is 25.6 Å². The standard InChI is InChI=1S/2Au.8ClH/h;;8*1H/q2*+3;;;;;;;;/p-6. The van der Waals surface area contributed by atoms with Crippen LogP contribution in [-0.2, 0) is 25.6 Å². The minimum Gasteiger partial charge on any atom is 1.00 e. The van der Waals surface area contributed by atoms with E-state index in [9.17, 15) is 0 Å². The summed E-state index contributed by atoms with van der Waals surface area (Å²) in [6, 6.07) is 0. The third-order valence-corrected chi connectivity index (χ3v) is 0. The average molecular weight is 680 g/mol. The van der Waals surface area contributed by atoms with Gasteiger partial charge in [0.2, 0.25) is 0 Å². The third-order valence-electron chi connectivity index (χ3n) is 0. The summed E-state index contributed by atoms with van der Waals surface area (Å²) in [5.74, 6) is 0. The second-order valence-corrected chi connectivity index (χ2v) is 38.1. The first kappa shape index (κ1) is 16.2. The Balaban J connectivity index is -0.0000000457. The fourth-order valence-corrected chi connectivity index (χ4v) is 0. The van der Waals surface area contributed by atoms with Crippen molar-refractivity contribution in [1.29, 1.82) is 0 Å².